The van der Waals surface area contributed by atoms with Crippen molar-refractivity contribution in [1.29, 1.82) is 0 Å². The SMILES string of the molecule is c1ccc(-c2ccc3c4ccc(-c5ccccc5)cc4n(-c4ccc(-c5cccc(-c6ccc(-c7ccc8sc9ccccc9c8c7)cc6)c5)cc4)c3c2)cc1. The number of nitrogens with zero attached hydrogens (tertiary/aromatic N) is 1. The van der Waals surface area contributed by atoms with Crippen molar-refractivity contribution in [2.24, 2.45) is 0 Å². The molecule has 0 fully saturated rings. The normalized spacial score (nSPS) is 11.6. The van der Waals surface area contributed by atoms with Gasteiger partial charge in [0, 0.05) is 36.6 Å². The van der Waals surface area contributed by atoms with Crippen LogP contribution in [0.4, 0.5) is 0 Å². The summed E-state index contributed by atoms with van der Waals surface area (Å²) in [6.07, 6.45) is 0. The quantitative estimate of drug-likeness (QED) is 0.161. The van der Waals surface area contributed by atoms with E-state index in [2.05, 4.69) is 217 Å². The van der Waals surface area contributed by atoms with E-state index in [0.29, 0.717) is 0 Å². The lowest BCUT2D eigenvalue weighted by Crippen LogP contribution is -1.94. The zero-order chi connectivity index (χ0) is 37.0. The molecule has 0 aliphatic heterocycles. The molecule has 9 aromatic carbocycles. The summed E-state index contributed by atoms with van der Waals surface area (Å²) in [5, 5.41) is 5.17. The monoisotopic (exact) mass is 729 g/mol. The molecular formula is C54H35NS. The Bertz CT molecular complexity index is 3110. The van der Waals surface area contributed by atoms with Crippen LogP contribution in [0.3, 0.4) is 0 Å². The summed E-state index contributed by atoms with van der Waals surface area (Å²) in [6, 6.07) is 77.7. The molecule has 11 rings (SSSR count). The molecule has 262 valence electrons. The third-order valence-electron chi connectivity index (χ3n) is 11.2. The first-order chi connectivity index (χ1) is 27.7. The Labute approximate surface area is 330 Å². The van der Waals surface area contributed by atoms with Crippen molar-refractivity contribution in [1.82, 2.24) is 4.57 Å². The summed E-state index contributed by atoms with van der Waals surface area (Å²) in [4.78, 5) is 0. The molecule has 56 heavy (non-hydrogen) atoms. The van der Waals surface area contributed by atoms with Crippen molar-refractivity contribution in [3.05, 3.63) is 212 Å². The maximum Gasteiger partial charge on any atom is 0.0547 e. The molecule has 0 spiro atoms. The van der Waals surface area contributed by atoms with E-state index in [9.17, 15) is 0 Å². The first-order valence-electron chi connectivity index (χ1n) is 19.2. The fraction of sp³-hybridized carbons (Fsp3) is 0. The van der Waals surface area contributed by atoms with E-state index in [-0.39, 0.29) is 0 Å². The molecule has 0 aliphatic rings. The Hall–Kier alpha value is -7.00. The Morgan fingerprint density at radius 3 is 1.25 bits per heavy atom. The van der Waals surface area contributed by atoms with Gasteiger partial charge in [-0.1, -0.05) is 164 Å². The molecule has 0 amide bonds. The minimum atomic E-state index is 1.14. The van der Waals surface area contributed by atoms with Gasteiger partial charge < -0.3 is 4.57 Å². The average Bonchev–Trinajstić information content (AvgIpc) is 3.82. The topological polar surface area (TPSA) is 4.93 Å². The Morgan fingerprint density at radius 2 is 0.661 bits per heavy atom. The van der Waals surface area contributed by atoms with Gasteiger partial charge in [0.2, 0.25) is 0 Å². The van der Waals surface area contributed by atoms with E-state index >= 15 is 0 Å². The first-order valence-corrected chi connectivity index (χ1v) is 20.0. The van der Waals surface area contributed by atoms with E-state index in [4.69, 9.17) is 0 Å². The molecule has 1 nitrogen and oxygen atoms in total. The third-order valence-corrected chi connectivity index (χ3v) is 12.4. The number of hydrogen-bond acceptors (Lipinski definition) is 1. The molecule has 2 heterocycles. The molecule has 0 bridgehead atoms. The first kappa shape index (κ1) is 32.4. The Morgan fingerprint density at radius 1 is 0.250 bits per heavy atom. The summed E-state index contributed by atoms with van der Waals surface area (Å²) < 4.78 is 5.11. The van der Waals surface area contributed by atoms with Gasteiger partial charge in [0.25, 0.3) is 0 Å². The number of rotatable bonds is 6. The summed E-state index contributed by atoms with van der Waals surface area (Å²) in [5.41, 5.74) is 15.7. The second kappa shape index (κ2) is 13.4. The number of hydrogen-bond donors (Lipinski definition) is 0. The molecular weight excluding hydrogens is 695 g/mol. The highest BCUT2D eigenvalue weighted by atomic mass is 32.1. The van der Waals surface area contributed by atoms with Crippen LogP contribution in [-0.2, 0) is 0 Å². The highest BCUT2D eigenvalue weighted by Gasteiger charge is 2.15. The van der Waals surface area contributed by atoms with Gasteiger partial charge in [0.15, 0.2) is 0 Å². The summed E-state index contributed by atoms with van der Waals surface area (Å²) in [7, 11) is 0. The van der Waals surface area contributed by atoms with Crippen LogP contribution in [0, 0.1) is 0 Å². The van der Waals surface area contributed by atoms with Gasteiger partial charge in [-0.05, 0) is 104 Å². The van der Waals surface area contributed by atoms with Crippen LogP contribution in [0.2, 0.25) is 0 Å². The maximum atomic E-state index is 2.43. The van der Waals surface area contributed by atoms with Crippen LogP contribution in [-0.4, -0.2) is 4.57 Å². The molecule has 2 aromatic heterocycles. The van der Waals surface area contributed by atoms with Gasteiger partial charge in [0.05, 0.1) is 11.0 Å². The summed E-state index contributed by atoms with van der Waals surface area (Å²) >= 11 is 1.86. The maximum absolute atomic E-state index is 2.43. The smallest absolute Gasteiger partial charge is 0.0547 e. The molecule has 0 aliphatic carbocycles. The van der Waals surface area contributed by atoms with Gasteiger partial charge in [-0.15, -0.1) is 11.3 Å². The van der Waals surface area contributed by atoms with Gasteiger partial charge in [-0.3, -0.25) is 0 Å². The van der Waals surface area contributed by atoms with Gasteiger partial charge in [-0.2, -0.15) is 0 Å². The van der Waals surface area contributed by atoms with Crippen LogP contribution in [0.25, 0.3) is 103 Å². The molecule has 0 unspecified atom stereocenters. The molecule has 11 aromatic rings. The Kier molecular flexibility index (Phi) is 7.75. The van der Waals surface area contributed by atoms with Gasteiger partial charge in [-0.25, -0.2) is 0 Å². The number of thiophene rings is 1. The molecule has 0 radical (unpaired) electrons. The van der Waals surface area contributed by atoms with Crippen molar-refractivity contribution >= 4 is 53.3 Å². The third kappa shape index (κ3) is 5.62. The van der Waals surface area contributed by atoms with Crippen molar-refractivity contribution in [3.8, 4) is 61.3 Å². The highest BCUT2D eigenvalue weighted by Crippen LogP contribution is 2.39. The zero-order valence-electron chi connectivity index (χ0n) is 30.6. The van der Waals surface area contributed by atoms with Crippen LogP contribution in [0.1, 0.15) is 0 Å². The van der Waals surface area contributed by atoms with E-state index in [1.54, 1.807) is 0 Å². The van der Waals surface area contributed by atoms with Crippen LogP contribution in [0.5, 0.6) is 0 Å². The van der Waals surface area contributed by atoms with Crippen LogP contribution in [0.15, 0.2) is 212 Å². The highest BCUT2D eigenvalue weighted by molar-refractivity contribution is 7.25. The molecule has 0 saturated carbocycles. The lowest BCUT2D eigenvalue weighted by Gasteiger charge is -2.12. The van der Waals surface area contributed by atoms with Gasteiger partial charge >= 0.3 is 0 Å². The fourth-order valence-corrected chi connectivity index (χ4v) is 9.45. The predicted molar refractivity (Wildman–Crippen MR) is 241 cm³/mol. The van der Waals surface area contributed by atoms with E-state index in [0.717, 1.165) is 5.69 Å². The second-order valence-corrected chi connectivity index (χ2v) is 15.6. The van der Waals surface area contributed by atoms with Crippen molar-refractivity contribution in [2.45, 2.75) is 0 Å². The fourth-order valence-electron chi connectivity index (χ4n) is 8.36. The number of fused-ring (bicyclic) bond motifs is 6. The molecule has 2 heteroatoms. The number of aromatic nitrogens is 1. The van der Waals surface area contributed by atoms with Crippen molar-refractivity contribution in [2.75, 3.05) is 0 Å². The number of benzene rings is 9. The van der Waals surface area contributed by atoms with Crippen LogP contribution >= 0.6 is 11.3 Å². The lowest BCUT2D eigenvalue weighted by molar-refractivity contribution is 1.18. The second-order valence-electron chi connectivity index (χ2n) is 14.5. The van der Waals surface area contributed by atoms with E-state index in [1.165, 1.54) is 97.6 Å². The van der Waals surface area contributed by atoms with Crippen LogP contribution < -0.4 is 0 Å². The average molecular weight is 730 g/mol. The molecule has 0 saturated heterocycles. The predicted octanol–water partition coefficient (Wildman–Crippen LogP) is 15.5. The standard InChI is InChI=1S/C54H35NS/c1-3-10-36(11-4-1)44-24-29-47-48-30-25-45(37-12-5-2-6-13-37)35-52(48)55(51(47)34-44)46-27-22-40(23-28-46)42-15-9-14-41(32-42)38-18-20-39(21-19-38)43-26-31-54-50(33-43)49-16-7-8-17-53(49)56-54/h1-35H. The zero-order valence-corrected chi connectivity index (χ0v) is 31.4. The molecule has 0 N–H and O–H groups in total. The Balaban J connectivity index is 0.946. The van der Waals surface area contributed by atoms with E-state index < -0.39 is 0 Å². The lowest BCUT2D eigenvalue weighted by atomic mass is 9.96. The molecule has 0 atom stereocenters. The minimum Gasteiger partial charge on any atom is -0.309 e. The largest absolute Gasteiger partial charge is 0.309 e. The van der Waals surface area contributed by atoms with E-state index in [1.807, 2.05) is 11.3 Å². The summed E-state index contributed by atoms with van der Waals surface area (Å²) in [6.45, 7) is 0. The van der Waals surface area contributed by atoms with Crippen molar-refractivity contribution < 1.29 is 0 Å². The van der Waals surface area contributed by atoms with Crippen molar-refractivity contribution in [3.63, 3.8) is 0 Å². The minimum absolute atomic E-state index is 1.14. The van der Waals surface area contributed by atoms with Gasteiger partial charge in [0.1, 0.15) is 0 Å². The summed E-state index contributed by atoms with van der Waals surface area (Å²) in [5.74, 6) is 0.